The molecule has 2 N–H and O–H groups in total. The van der Waals surface area contributed by atoms with Crippen molar-refractivity contribution in [3.63, 3.8) is 0 Å². The summed E-state index contributed by atoms with van der Waals surface area (Å²) < 4.78 is 5.01. The molecule has 1 amide bonds. The number of rotatable bonds is 7. The van der Waals surface area contributed by atoms with Crippen molar-refractivity contribution >= 4 is 23.3 Å². The molecule has 0 fully saturated rings. The molecule has 130 valence electrons. The third-order valence-electron chi connectivity index (χ3n) is 3.15. The van der Waals surface area contributed by atoms with Gasteiger partial charge in [-0.1, -0.05) is 19.1 Å². The number of carbonyl (C=O) groups excluding carboxylic acids is 2. The SMILES string of the molecule is CCCNC(=O)COC(=O)c1ccccc1N=Nc1ccc(O)cc1. The normalized spacial score (nSPS) is 10.6. The van der Waals surface area contributed by atoms with Crippen molar-refractivity contribution in [3.05, 3.63) is 54.1 Å². The molecule has 2 rings (SSSR count). The number of azo groups is 1. The highest BCUT2D eigenvalue weighted by molar-refractivity contribution is 5.96. The second-order valence-electron chi connectivity index (χ2n) is 5.16. The molecule has 0 aromatic heterocycles. The van der Waals surface area contributed by atoms with Gasteiger partial charge in [0.05, 0.1) is 11.3 Å². The molecule has 0 heterocycles. The second-order valence-corrected chi connectivity index (χ2v) is 5.16. The third-order valence-corrected chi connectivity index (χ3v) is 3.15. The molecule has 7 nitrogen and oxygen atoms in total. The minimum atomic E-state index is -0.646. The van der Waals surface area contributed by atoms with Crippen molar-refractivity contribution in [2.75, 3.05) is 13.2 Å². The molecule has 0 radical (unpaired) electrons. The van der Waals surface area contributed by atoms with Crippen LogP contribution >= 0.6 is 0 Å². The summed E-state index contributed by atoms with van der Waals surface area (Å²) in [6.07, 6.45) is 0.806. The molecule has 2 aromatic carbocycles. The molecule has 0 aliphatic heterocycles. The minimum Gasteiger partial charge on any atom is -0.508 e. The molecule has 0 aliphatic carbocycles. The van der Waals surface area contributed by atoms with Gasteiger partial charge in [-0.2, -0.15) is 5.11 Å². The highest BCUT2D eigenvalue weighted by Crippen LogP contribution is 2.24. The largest absolute Gasteiger partial charge is 0.508 e. The number of nitrogens with zero attached hydrogens (tertiary/aromatic N) is 2. The second kappa shape index (κ2) is 9.17. The summed E-state index contributed by atoms with van der Waals surface area (Å²) in [7, 11) is 0. The minimum absolute atomic E-state index is 0.129. The predicted molar refractivity (Wildman–Crippen MR) is 92.3 cm³/mol. The van der Waals surface area contributed by atoms with E-state index >= 15 is 0 Å². The Morgan fingerprint density at radius 3 is 2.52 bits per heavy atom. The number of benzene rings is 2. The van der Waals surface area contributed by atoms with E-state index in [1.165, 1.54) is 12.1 Å². The van der Waals surface area contributed by atoms with Crippen molar-refractivity contribution in [1.29, 1.82) is 0 Å². The fraction of sp³-hybridized carbons (Fsp3) is 0.222. The van der Waals surface area contributed by atoms with Gasteiger partial charge in [0, 0.05) is 6.54 Å². The number of esters is 1. The van der Waals surface area contributed by atoms with E-state index in [9.17, 15) is 14.7 Å². The maximum Gasteiger partial charge on any atom is 0.340 e. The molecule has 25 heavy (non-hydrogen) atoms. The van der Waals surface area contributed by atoms with Gasteiger partial charge in [0.15, 0.2) is 6.61 Å². The average Bonchev–Trinajstić information content (AvgIpc) is 2.64. The summed E-state index contributed by atoms with van der Waals surface area (Å²) >= 11 is 0. The van der Waals surface area contributed by atoms with Gasteiger partial charge < -0.3 is 15.2 Å². The van der Waals surface area contributed by atoms with Crippen LogP contribution in [-0.2, 0) is 9.53 Å². The van der Waals surface area contributed by atoms with E-state index < -0.39 is 5.97 Å². The van der Waals surface area contributed by atoms with Gasteiger partial charge in [0.2, 0.25) is 0 Å². The third kappa shape index (κ3) is 5.72. The summed E-state index contributed by atoms with van der Waals surface area (Å²) in [6, 6.07) is 12.7. The lowest BCUT2D eigenvalue weighted by atomic mass is 10.2. The molecule has 0 saturated heterocycles. The topological polar surface area (TPSA) is 100 Å². The van der Waals surface area contributed by atoms with Gasteiger partial charge in [-0.25, -0.2) is 4.79 Å². The van der Waals surface area contributed by atoms with E-state index in [1.54, 1.807) is 36.4 Å². The van der Waals surface area contributed by atoms with Crippen LogP contribution in [-0.4, -0.2) is 30.1 Å². The first kappa shape index (κ1) is 18.1. The number of amides is 1. The Kier molecular flexibility index (Phi) is 6.65. The summed E-state index contributed by atoms with van der Waals surface area (Å²) in [5.41, 5.74) is 1.07. The van der Waals surface area contributed by atoms with Crippen LogP contribution in [0.1, 0.15) is 23.7 Å². The Hall–Kier alpha value is -3.22. The maximum absolute atomic E-state index is 12.2. The van der Waals surface area contributed by atoms with Crippen molar-refractivity contribution in [2.45, 2.75) is 13.3 Å². The Labute approximate surface area is 145 Å². The Bertz CT molecular complexity index is 757. The first-order valence-electron chi connectivity index (χ1n) is 7.83. The fourth-order valence-electron chi connectivity index (χ4n) is 1.89. The number of aromatic hydroxyl groups is 1. The van der Waals surface area contributed by atoms with Gasteiger partial charge in [0.25, 0.3) is 5.91 Å². The first-order chi connectivity index (χ1) is 12.1. The number of nitrogens with one attached hydrogen (secondary N) is 1. The zero-order valence-electron chi connectivity index (χ0n) is 13.8. The lowest BCUT2D eigenvalue weighted by Crippen LogP contribution is -2.29. The lowest BCUT2D eigenvalue weighted by molar-refractivity contribution is -0.124. The van der Waals surface area contributed by atoms with Gasteiger partial charge in [-0.15, -0.1) is 5.11 Å². The van der Waals surface area contributed by atoms with Gasteiger partial charge in [-0.05, 0) is 42.8 Å². The number of carbonyl (C=O) groups is 2. The zero-order valence-corrected chi connectivity index (χ0v) is 13.8. The Balaban J connectivity index is 2.05. The van der Waals surface area contributed by atoms with Crippen LogP contribution in [0.3, 0.4) is 0 Å². The van der Waals surface area contributed by atoms with Crippen molar-refractivity contribution in [3.8, 4) is 5.75 Å². The average molecular weight is 341 g/mol. The van der Waals surface area contributed by atoms with Crippen molar-refractivity contribution < 1.29 is 19.4 Å². The molecule has 0 bridgehead atoms. The van der Waals surface area contributed by atoms with Gasteiger partial charge >= 0.3 is 5.97 Å². The smallest absolute Gasteiger partial charge is 0.340 e. The summed E-state index contributed by atoms with van der Waals surface area (Å²) in [6.45, 7) is 2.12. The molecular formula is C18H19N3O4. The highest BCUT2D eigenvalue weighted by atomic mass is 16.5. The molecule has 0 unspecified atom stereocenters. The van der Waals surface area contributed by atoms with Crippen LogP contribution in [0.25, 0.3) is 0 Å². The molecule has 0 atom stereocenters. The quantitative estimate of drug-likeness (QED) is 0.594. The van der Waals surface area contributed by atoms with E-state index in [-0.39, 0.29) is 23.8 Å². The van der Waals surface area contributed by atoms with Crippen molar-refractivity contribution in [2.24, 2.45) is 10.2 Å². The fourth-order valence-corrected chi connectivity index (χ4v) is 1.89. The van der Waals surface area contributed by atoms with Crippen LogP contribution in [0.2, 0.25) is 0 Å². The first-order valence-corrected chi connectivity index (χ1v) is 7.83. The van der Waals surface area contributed by atoms with Crippen LogP contribution in [0.15, 0.2) is 58.8 Å². The highest BCUT2D eigenvalue weighted by Gasteiger charge is 2.14. The lowest BCUT2D eigenvalue weighted by Gasteiger charge is -2.07. The van der Waals surface area contributed by atoms with E-state index in [0.717, 1.165) is 6.42 Å². The van der Waals surface area contributed by atoms with E-state index in [0.29, 0.717) is 17.9 Å². The van der Waals surface area contributed by atoms with E-state index in [4.69, 9.17) is 4.74 Å². The van der Waals surface area contributed by atoms with Crippen LogP contribution < -0.4 is 5.32 Å². The van der Waals surface area contributed by atoms with Crippen molar-refractivity contribution in [1.82, 2.24) is 5.32 Å². The van der Waals surface area contributed by atoms with Gasteiger partial charge in [0.1, 0.15) is 11.4 Å². The molecular weight excluding hydrogens is 322 g/mol. The predicted octanol–water partition coefficient (Wildman–Crippen LogP) is 3.49. The molecule has 0 saturated carbocycles. The van der Waals surface area contributed by atoms with Gasteiger partial charge in [-0.3, -0.25) is 4.79 Å². The number of phenols is 1. The molecule has 0 aliphatic rings. The molecule has 7 heteroatoms. The van der Waals surface area contributed by atoms with Crippen LogP contribution in [0.5, 0.6) is 5.75 Å². The number of phenolic OH excluding ortho intramolecular Hbond substituents is 1. The van der Waals surface area contributed by atoms with Crippen LogP contribution in [0.4, 0.5) is 11.4 Å². The van der Waals surface area contributed by atoms with E-state index in [2.05, 4.69) is 15.5 Å². The summed E-state index contributed by atoms with van der Waals surface area (Å²) in [5.74, 6) is -0.866. The summed E-state index contributed by atoms with van der Waals surface area (Å²) in [5, 5.41) is 19.9. The number of hydrogen-bond acceptors (Lipinski definition) is 6. The molecule has 2 aromatic rings. The Morgan fingerprint density at radius 2 is 1.80 bits per heavy atom. The molecule has 0 spiro atoms. The van der Waals surface area contributed by atoms with Crippen LogP contribution in [0, 0.1) is 0 Å². The standard InChI is InChI=1S/C18H19N3O4/c1-2-11-19-17(23)12-25-18(24)15-5-3-4-6-16(15)21-20-13-7-9-14(22)10-8-13/h3-10,22H,2,11-12H2,1H3,(H,19,23). The summed E-state index contributed by atoms with van der Waals surface area (Å²) in [4.78, 5) is 23.7. The monoisotopic (exact) mass is 341 g/mol. The number of ether oxygens (including phenoxy) is 1. The zero-order chi connectivity index (χ0) is 18.1. The van der Waals surface area contributed by atoms with E-state index in [1.807, 2.05) is 6.92 Å². The maximum atomic E-state index is 12.2. The number of hydrogen-bond donors (Lipinski definition) is 2. The Morgan fingerprint density at radius 1 is 1.08 bits per heavy atom.